The normalized spacial score (nSPS) is 24.2. The molecule has 0 radical (unpaired) electrons. The Morgan fingerprint density at radius 1 is 1.24 bits per heavy atom. The van der Waals surface area contributed by atoms with Crippen LogP contribution in [0.15, 0.2) is 24.3 Å². The largest absolute Gasteiger partial charge is 0.378 e. The molecule has 2 atom stereocenters. The molecule has 2 fully saturated rings. The molecule has 25 heavy (non-hydrogen) atoms. The molecule has 0 bridgehead atoms. The van der Waals surface area contributed by atoms with Gasteiger partial charge < -0.3 is 19.3 Å². The minimum Gasteiger partial charge on any atom is -0.378 e. The predicted octanol–water partition coefficient (Wildman–Crippen LogP) is 2.69. The van der Waals surface area contributed by atoms with Crippen LogP contribution in [0.1, 0.15) is 31.7 Å². The maximum Gasteiger partial charge on any atom is 0.228 e. The molecule has 2 unspecified atom stereocenters. The fourth-order valence-corrected chi connectivity index (χ4v) is 3.90. The van der Waals surface area contributed by atoms with E-state index in [1.165, 1.54) is 11.3 Å². The van der Waals surface area contributed by atoms with Crippen LogP contribution in [0.4, 0.5) is 5.69 Å². The van der Waals surface area contributed by atoms with Crippen LogP contribution >= 0.6 is 0 Å². The van der Waals surface area contributed by atoms with Crippen molar-refractivity contribution in [2.75, 3.05) is 44.9 Å². The molecule has 2 heterocycles. The third-order valence-electron chi connectivity index (χ3n) is 5.29. The van der Waals surface area contributed by atoms with E-state index in [1.807, 2.05) is 11.9 Å². The van der Waals surface area contributed by atoms with Gasteiger partial charge in [-0.1, -0.05) is 25.1 Å². The van der Waals surface area contributed by atoms with Gasteiger partial charge in [0.05, 0.1) is 25.2 Å². The summed E-state index contributed by atoms with van der Waals surface area (Å²) in [6.07, 6.45) is 2.88. The standard InChI is InChI=1S/C20H30N2O3/c1-3-19-17(8-6-12-25-19)20(23)21(2)15-16-7-4-5-9-18(16)22-10-13-24-14-11-22/h4-5,7,9,17,19H,3,6,8,10-15H2,1-2H3. The molecule has 5 heteroatoms. The molecule has 1 amide bonds. The first-order valence-corrected chi connectivity index (χ1v) is 9.48. The number of benzene rings is 1. The molecule has 3 rings (SSSR count). The lowest BCUT2D eigenvalue weighted by Gasteiger charge is -2.34. The Balaban J connectivity index is 1.70. The number of amides is 1. The average Bonchev–Trinajstić information content (AvgIpc) is 2.68. The van der Waals surface area contributed by atoms with Crippen molar-refractivity contribution in [2.45, 2.75) is 38.8 Å². The van der Waals surface area contributed by atoms with Crippen molar-refractivity contribution in [1.29, 1.82) is 0 Å². The van der Waals surface area contributed by atoms with Crippen LogP contribution in [0.25, 0.3) is 0 Å². The zero-order valence-corrected chi connectivity index (χ0v) is 15.4. The van der Waals surface area contributed by atoms with Crippen LogP contribution in [-0.4, -0.2) is 56.9 Å². The van der Waals surface area contributed by atoms with Gasteiger partial charge in [-0.05, 0) is 30.9 Å². The number of carbonyl (C=O) groups is 1. The molecule has 0 aliphatic carbocycles. The van der Waals surface area contributed by atoms with Crippen LogP contribution in [0.5, 0.6) is 0 Å². The first kappa shape index (κ1) is 18.2. The number of hydrogen-bond donors (Lipinski definition) is 0. The number of nitrogens with zero attached hydrogens (tertiary/aromatic N) is 2. The highest BCUT2D eigenvalue weighted by atomic mass is 16.5. The lowest BCUT2D eigenvalue weighted by molar-refractivity contribution is -0.144. The Hall–Kier alpha value is -1.59. The number of morpholine rings is 1. The van der Waals surface area contributed by atoms with E-state index < -0.39 is 0 Å². The summed E-state index contributed by atoms with van der Waals surface area (Å²) in [5.41, 5.74) is 2.42. The molecule has 1 aromatic rings. The number of hydrogen-bond acceptors (Lipinski definition) is 4. The smallest absolute Gasteiger partial charge is 0.228 e. The van der Waals surface area contributed by atoms with Crippen molar-refractivity contribution in [2.24, 2.45) is 5.92 Å². The fraction of sp³-hybridized carbons (Fsp3) is 0.650. The quantitative estimate of drug-likeness (QED) is 0.822. The number of anilines is 1. The molecular formula is C20H30N2O3. The van der Waals surface area contributed by atoms with Crippen molar-refractivity contribution in [3.63, 3.8) is 0 Å². The first-order chi connectivity index (χ1) is 12.2. The summed E-state index contributed by atoms with van der Waals surface area (Å²) in [5.74, 6) is 0.211. The highest BCUT2D eigenvalue weighted by molar-refractivity contribution is 5.79. The molecule has 2 aliphatic rings. The summed E-state index contributed by atoms with van der Waals surface area (Å²) in [6.45, 7) is 6.86. The van der Waals surface area contributed by atoms with Crippen LogP contribution in [0, 0.1) is 5.92 Å². The highest BCUT2D eigenvalue weighted by Gasteiger charge is 2.32. The van der Waals surface area contributed by atoms with Crippen LogP contribution in [-0.2, 0) is 20.8 Å². The van der Waals surface area contributed by atoms with E-state index in [1.54, 1.807) is 0 Å². The maximum absolute atomic E-state index is 13.0. The van der Waals surface area contributed by atoms with E-state index in [-0.39, 0.29) is 17.9 Å². The lowest BCUT2D eigenvalue weighted by atomic mass is 9.91. The van der Waals surface area contributed by atoms with Gasteiger partial charge in [0.1, 0.15) is 0 Å². The summed E-state index contributed by atoms with van der Waals surface area (Å²) in [4.78, 5) is 17.2. The summed E-state index contributed by atoms with van der Waals surface area (Å²) in [5, 5.41) is 0. The molecule has 0 spiro atoms. The van der Waals surface area contributed by atoms with E-state index >= 15 is 0 Å². The molecule has 5 nitrogen and oxygen atoms in total. The van der Waals surface area contributed by atoms with E-state index in [0.29, 0.717) is 6.54 Å². The highest BCUT2D eigenvalue weighted by Crippen LogP contribution is 2.27. The minimum absolute atomic E-state index is 0.000649. The minimum atomic E-state index is -0.000649. The van der Waals surface area contributed by atoms with Crippen molar-refractivity contribution in [3.05, 3.63) is 29.8 Å². The Labute approximate surface area is 150 Å². The average molecular weight is 346 g/mol. The summed E-state index contributed by atoms with van der Waals surface area (Å²) in [6, 6.07) is 8.40. The van der Waals surface area contributed by atoms with Gasteiger partial charge in [-0.3, -0.25) is 4.79 Å². The zero-order chi connectivity index (χ0) is 17.6. The second kappa shape index (κ2) is 8.68. The number of carbonyl (C=O) groups excluding carboxylic acids is 1. The summed E-state index contributed by atoms with van der Waals surface area (Å²) >= 11 is 0. The number of ether oxygens (including phenoxy) is 2. The molecule has 2 aliphatic heterocycles. The molecule has 0 aromatic heterocycles. The van der Waals surface area contributed by atoms with E-state index in [9.17, 15) is 4.79 Å². The van der Waals surface area contributed by atoms with Gasteiger partial charge in [-0.2, -0.15) is 0 Å². The predicted molar refractivity (Wildman–Crippen MR) is 98.7 cm³/mol. The van der Waals surface area contributed by atoms with Gasteiger partial charge in [0.25, 0.3) is 0 Å². The van der Waals surface area contributed by atoms with Gasteiger partial charge in [-0.25, -0.2) is 0 Å². The molecule has 2 saturated heterocycles. The van der Waals surface area contributed by atoms with Gasteiger partial charge in [0, 0.05) is 39.0 Å². The summed E-state index contributed by atoms with van der Waals surface area (Å²) in [7, 11) is 1.92. The second-order valence-electron chi connectivity index (χ2n) is 6.99. The van der Waals surface area contributed by atoms with E-state index in [2.05, 4.69) is 36.1 Å². The third-order valence-corrected chi connectivity index (χ3v) is 5.29. The first-order valence-electron chi connectivity index (χ1n) is 9.48. The molecule has 138 valence electrons. The van der Waals surface area contributed by atoms with Crippen molar-refractivity contribution in [1.82, 2.24) is 4.90 Å². The molecule has 0 saturated carbocycles. The molecule has 1 aromatic carbocycles. The maximum atomic E-state index is 13.0. The Kier molecular flexibility index (Phi) is 6.32. The number of rotatable bonds is 5. The van der Waals surface area contributed by atoms with Crippen molar-refractivity contribution >= 4 is 11.6 Å². The molecule has 0 N–H and O–H groups in total. The van der Waals surface area contributed by atoms with E-state index in [0.717, 1.165) is 52.2 Å². The lowest BCUT2D eigenvalue weighted by Crippen LogP contribution is -2.42. The van der Waals surface area contributed by atoms with Crippen molar-refractivity contribution in [3.8, 4) is 0 Å². The third kappa shape index (κ3) is 4.33. The Morgan fingerprint density at radius 2 is 2.00 bits per heavy atom. The fourth-order valence-electron chi connectivity index (χ4n) is 3.90. The van der Waals surface area contributed by atoms with E-state index in [4.69, 9.17) is 9.47 Å². The molecular weight excluding hydrogens is 316 g/mol. The van der Waals surface area contributed by atoms with Gasteiger partial charge in [0.2, 0.25) is 5.91 Å². The second-order valence-corrected chi connectivity index (χ2v) is 6.99. The summed E-state index contributed by atoms with van der Waals surface area (Å²) < 4.78 is 11.3. The Morgan fingerprint density at radius 3 is 2.76 bits per heavy atom. The van der Waals surface area contributed by atoms with Gasteiger partial charge >= 0.3 is 0 Å². The SMILES string of the molecule is CCC1OCCCC1C(=O)N(C)Cc1ccccc1N1CCOCC1. The van der Waals surface area contributed by atoms with Crippen molar-refractivity contribution < 1.29 is 14.3 Å². The number of para-hydroxylation sites is 1. The topological polar surface area (TPSA) is 42.0 Å². The van der Waals surface area contributed by atoms with Crippen LogP contribution in [0.2, 0.25) is 0 Å². The van der Waals surface area contributed by atoms with Gasteiger partial charge in [0.15, 0.2) is 0 Å². The zero-order valence-electron chi connectivity index (χ0n) is 15.4. The van der Waals surface area contributed by atoms with Gasteiger partial charge in [-0.15, -0.1) is 0 Å². The van der Waals surface area contributed by atoms with Crippen LogP contribution < -0.4 is 4.90 Å². The Bertz CT molecular complexity index is 572. The monoisotopic (exact) mass is 346 g/mol. The van der Waals surface area contributed by atoms with Crippen LogP contribution in [0.3, 0.4) is 0 Å².